The standard InChI is InChI=1S/C20H20N2O6S/c1-12-16(9-13-8-15(27-2)4-5-18(13)28-3)19(23)22(20(24)17(12)10-21)14-6-7-29(25,26)11-14/h4-5,8-9,14H,6-7,11H2,1-3H3. The van der Waals surface area contributed by atoms with Gasteiger partial charge in [-0.3, -0.25) is 14.5 Å². The Morgan fingerprint density at radius 1 is 1.21 bits per heavy atom. The third kappa shape index (κ3) is 3.76. The lowest BCUT2D eigenvalue weighted by molar-refractivity contribution is -0.142. The van der Waals surface area contributed by atoms with Crippen LogP contribution in [0, 0.1) is 11.3 Å². The zero-order valence-electron chi connectivity index (χ0n) is 16.3. The molecule has 9 heteroatoms. The molecule has 2 aliphatic rings. The molecule has 1 aromatic rings. The minimum Gasteiger partial charge on any atom is -0.497 e. The Morgan fingerprint density at radius 2 is 1.93 bits per heavy atom. The molecule has 1 unspecified atom stereocenters. The summed E-state index contributed by atoms with van der Waals surface area (Å²) < 4.78 is 34.3. The molecule has 1 fully saturated rings. The number of imide groups is 1. The summed E-state index contributed by atoms with van der Waals surface area (Å²) in [5.41, 5.74) is 0.726. The Hall–Kier alpha value is -3.12. The van der Waals surface area contributed by atoms with Crippen LogP contribution in [0.3, 0.4) is 0 Å². The van der Waals surface area contributed by atoms with E-state index < -0.39 is 27.7 Å². The Balaban J connectivity index is 2.14. The summed E-state index contributed by atoms with van der Waals surface area (Å²) in [6.07, 6.45) is 1.69. The van der Waals surface area contributed by atoms with E-state index in [0.29, 0.717) is 17.1 Å². The maximum atomic E-state index is 13.2. The highest BCUT2D eigenvalue weighted by Gasteiger charge is 2.43. The molecule has 152 valence electrons. The molecule has 29 heavy (non-hydrogen) atoms. The lowest BCUT2D eigenvalue weighted by Gasteiger charge is -2.31. The molecule has 0 N–H and O–H groups in total. The van der Waals surface area contributed by atoms with Gasteiger partial charge < -0.3 is 9.47 Å². The first kappa shape index (κ1) is 20.6. The highest BCUT2D eigenvalue weighted by molar-refractivity contribution is 7.91. The Labute approximate surface area is 168 Å². The molecule has 0 bridgehead atoms. The number of methoxy groups -OCH3 is 2. The van der Waals surface area contributed by atoms with Gasteiger partial charge in [-0.1, -0.05) is 0 Å². The minimum absolute atomic E-state index is 0.0952. The first-order valence-electron chi connectivity index (χ1n) is 8.85. The van der Waals surface area contributed by atoms with Gasteiger partial charge in [-0.2, -0.15) is 5.26 Å². The number of rotatable bonds is 4. The monoisotopic (exact) mass is 416 g/mol. The Morgan fingerprint density at radius 3 is 2.48 bits per heavy atom. The molecule has 1 aromatic carbocycles. The third-order valence-electron chi connectivity index (χ3n) is 5.08. The van der Waals surface area contributed by atoms with E-state index >= 15 is 0 Å². The van der Waals surface area contributed by atoms with Crippen LogP contribution in [0.5, 0.6) is 11.5 Å². The minimum atomic E-state index is -3.33. The summed E-state index contributed by atoms with van der Waals surface area (Å²) in [6, 6.07) is 6.11. The maximum Gasteiger partial charge on any atom is 0.271 e. The largest absolute Gasteiger partial charge is 0.497 e. The zero-order valence-corrected chi connectivity index (χ0v) is 17.1. The van der Waals surface area contributed by atoms with E-state index in [-0.39, 0.29) is 34.6 Å². The van der Waals surface area contributed by atoms with Gasteiger partial charge >= 0.3 is 0 Å². The van der Waals surface area contributed by atoms with Gasteiger partial charge in [0.2, 0.25) is 0 Å². The van der Waals surface area contributed by atoms with E-state index in [1.807, 2.05) is 6.07 Å². The van der Waals surface area contributed by atoms with Crippen molar-refractivity contribution in [1.82, 2.24) is 4.90 Å². The Bertz CT molecular complexity index is 1090. The van der Waals surface area contributed by atoms with Crippen LogP contribution in [0.4, 0.5) is 0 Å². The second-order valence-corrected chi connectivity index (χ2v) is 9.04. The van der Waals surface area contributed by atoms with E-state index in [2.05, 4.69) is 0 Å². The van der Waals surface area contributed by atoms with E-state index in [9.17, 15) is 23.3 Å². The molecular weight excluding hydrogens is 396 g/mol. The van der Waals surface area contributed by atoms with Gasteiger partial charge in [-0.05, 0) is 43.2 Å². The van der Waals surface area contributed by atoms with Gasteiger partial charge in [0, 0.05) is 11.1 Å². The molecule has 2 aliphatic heterocycles. The van der Waals surface area contributed by atoms with Crippen LogP contribution in [0.25, 0.3) is 6.08 Å². The van der Waals surface area contributed by atoms with Crippen molar-refractivity contribution in [3.8, 4) is 17.6 Å². The lowest BCUT2D eigenvalue weighted by atomic mass is 9.92. The molecule has 2 amide bonds. The van der Waals surface area contributed by atoms with Crippen molar-refractivity contribution in [2.75, 3.05) is 25.7 Å². The van der Waals surface area contributed by atoms with Crippen LogP contribution >= 0.6 is 0 Å². The molecule has 0 radical (unpaired) electrons. The molecule has 0 spiro atoms. The highest BCUT2D eigenvalue weighted by Crippen LogP contribution is 2.33. The molecule has 3 rings (SSSR count). The smallest absolute Gasteiger partial charge is 0.271 e. The van der Waals surface area contributed by atoms with Crippen LogP contribution < -0.4 is 9.47 Å². The number of carbonyl (C=O) groups is 2. The van der Waals surface area contributed by atoms with Crippen LogP contribution in [0.2, 0.25) is 0 Å². The van der Waals surface area contributed by atoms with Gasteiger partial charge in [0.15, 0.2) is 9.84 Å². The zero-order chi connectivity index (χ0) is 21.3. The summed E-state index contributed by atoms with van der Waals surface area (Å²) in [6.45, 7) is 1.52. The van der Waals surface area contributed by atoms with E-state index in [0.717, 1.165) is 4.90 Å². The van der Waals surface area contributed by atoms with Crippen molar-refractivity contribution < 1.29 is 27.5 Å². The van der Waals surface area contributed by atoms with Crippen molar-refractivity contribution in [3.05, 3.63) is 40.5 Å². The predicted octanol–water partition coefficient (Wildman–Crippen LogP) is 1.48. The van der Waals surface area contributed by atoms with Gasteiger partial charge in [-0.15, -0.1) is 0 Å². The summed E-state index contributed by atoms with van der Waals surface area (Å²) in [5.74, 6) is -0.757. The summed E-state index contributed by atoms with van der Waals surface area (Å²) >= 11 is 0. The first-order chi connectivity index (χ1) is 13.7. The van der Waals surface area contributed by atoms with Crippen LogP contribution in [-0.2, 0) is 19.4 Å². The van der Waals surface area contributed by atoms with Gasteiger partial charge in [0.05, 0.1) is 31.8 Å². The fraction of sp³-hybridized carbons (Fsp3) is 0.350. The van der Waals surface area contributed by atoms with Crippen LogP contribution in [-0.4, -0.2) is 56.9 Å². The molecular formula is C20H20N2O6S. The number of amides is 2. The number of nitrogens with zero attached hydrogens (tertiary/aromatic N) is 2. The average molecular weight is 416 g/mol. The fourth-order valence-corrected chi connectivity index (χ4v) is 5.22. The number of sulfone groups is 1. The lowest BCUT2D eigenvalue weighted by Crippen LogP contribution is -2.49. The second kappa shape index (κ2) is 7.72. The van der Waals surface area contributed by atoms with Crippen molar-refractivity contribution in [3.63, 3.8) is 0 Å². The van der Waals surface area contributed by atoms with E-state index in [1.165, 1.54) is 27.2 Å². The molecule has 0 aromatic heterocycles. The van der Waals surface area contributed by atoms with Crippen molar-refractivity contribution in [1.29, 1.82) is 5.26 Å². The number of ether oxygens (including phenoxy) is 2. The van der Waals surface area contributed by atoms with Gasteiger partial charge in [0.25, 0.3) is 11.8 Å². The normalized spacial score (nSPS) is 22.8. The molecule has 8 nitrogen and oxygen atoms in total. The van der Waals surface area contributed by atoms with E-state index in [1.54, 1.807) is 18.2 Å². The van der Waals surface area contributed by atoms with Crippen molar-refractivity contribution in [2.45, 2.75) is 19.4 Å². The predicted molar refractivity (Wildman–Crippen MR) is 105 cm³/mol. The second-order valence-electron chi connectivity index (χ2n) is 6.81. The third-order valence-corrected chi connectivity index (χ3v) is 6.83. The van der Waals surface area contributed by atoms with Gasteiger partial charge in [0.1, 0.15) is 23.1 Å². The number of hydrogen-bond acceptors (Lipinski definition) is 7. The quantitative estimate of drug-likeness (QED) is 0.539. The molecule has 1 saturated heterocycles. The van der Waals surface area contributed by atoms with Crippen LogP contribution in [0.1, 0.15) is 18.9 Å². The van der Waals surface area contributed by atoms with E-state index in [4.69, 9.17) is 9.47 Å². The number of carbonyl (C=O) groups excluding carboxylic acids is 2. The number of benzene rings is 1. The number of hydrogen-bond donors (Lipinski definition) is 0. The van der Waals surface area contributed by atoms with Crippen LogP contribution in [0.15, 0.2) is 34.9 Å². The summed E-state index contributed by atoms with van der Waals surface area (Å²) in [7, 11) is -0.341. The average Bonchev–Trinajstić information content (AvgIpc) is 3.04. The first-order valence-corrected chi connectivity index (χ1v) is 10.7. The maximum absolute atomic E-state index is 13.2. The SMILES string of the molecule is COc1ccc(OC)c(C=C2C(=O)N(C3CCS(=O)(=O)C3)C(=O)C(C#N)=C2C)c1. The number of nitriles is 1. The van der Waals surface area contributed by atoms with Gasteiger partial charge in [-0.25, -0.2) is 8.42 Å². The fourth-order valence-electron chi connectivity index (χ4n) is 3.52. The molecule has 2 heterocycles. The van der Waals surface area contributed by atoms with Crippen molar-refractivity contribution in [2.24, 2.45) is 0 Å². The van der Waals surface area contributed by atoms with Crippen molar-refractivity contribution >= 4 is 27.7 Å². The topological polar surface area (TPSA) is 114 Å². The summed E-state index contributed by atoms with van der Waals surface area (Å²) in [5, 5.41) is 9.49. The Kier molecular flexibility index (Phi) is 5.48. The molecule has 0 saturated carbocycles. The summed E-state index contributed by atoms with van der Waals surface area (Å²) in [4.78, 5) is 26.9. The highest BCUT2D eigenvalue weighted by atomic mass is 32.2. The molecule has 0 aliphatic carbocycles. The molecule has 1 atom stereocenters.